The molecule has 1 aromatic carbocycles. The Morgan fingerprint density at radius 3 is 2.89 bits per heavy atom. The molecule has 0 aliphatic rings. The van der Waals surface area contributed by atoms with Crippen LogP contribution in [0.15, 0.2) is 18.2 Å². The number of fused-ring (bicyclic) bond motifs is 1. The molecule has 0 fully saturated rings. The van der Waals surface area contributed by atoms with E-state index in [2.05, 4.69) is 4.98 Å². The first-order chi connectivity index (χ1) is 9.27. The molecule has 6 heteroatoms. The first kappa shape index (κ1) is 14.2. The van der Waals surface area contributed by atoms with Crippen molar-refractivity contribution in [3.8, 4) is 0 Å². The second kappa shape index (κ2) is 6.84. The molecule has 2 rings (SSSR count). The van der Waals surface area contributed by atoms with Gasteiger partial charge in [0.05, 0.1) is 31.2 Å². The Morgan fingerprint density at radius 2 is 2.16 bits per heavy atom. The van der Waals surface area contributed by atoms with Crippen molar-refractivity contribution in [1.29, 1.82) is 0 Å². The maximum atomic E-state index is 13.6. The fourth-order valence-electron chi connectivity index (χ4n) is 1.91. The summed E-state index contributed by atoms with van der Waals surface area (Å²) in [4.78, 5) is 4.22. The Bertz CT molecular complexity index is 545. The topological polar surface area (TPSA) is 36.3 Å². The number of imidazole rings is 1. The monoisotopic (exact) mass is 286 g/mol. The summed E-state index contributed by atoms with van der Waals surface area (Å²) < 4.78 is 25.8. The number of methoxy groups -OCH3 is 1. The summed E-state index contributed by atoms with van der Waals surface area (Å²) in [5.41, 5.74) is 1.10. The third-order valence-electron chi connectivity index (χ3n) is 2.82. The van der Waals surface area contributed by atoms with Crippen LogP contribution in [0.5, 0.6) is 0 Å². The maximum Gasteiger partial charge on any atom is 0.151 e. The lowest BCUT2D eigenvalue weighted by atomic mass is 10.3. The summed E-state index contributed by atoms with van der Waals surface area (Å²) in [6.07, 6.45) is 0. The van der Waals surface area contributed by atoms with Crippen molar-refractivity contribution in [2.45, 2.75) is 12.4 Å². The van der Waals surface area contributed by atoms with Gasteiger partial charge in [0, 0.05) is 13.7 Å². The van der Waals surface area contributed by atoms with Gasteiger partial charge in [-0.2, -0.15) is 0 Å². The Hall–Kier alpha value is -1.17. The van der Waals surface area contributed by atoms with E-state index in [0.717, 1.165) is 5.52 Å². The molecule has 0 aliphatic heterocycles. The zero-order chi connectivity index (χ0) is 13.7. The van der Waals surface area contributed by atoms with Crippen LogP contribution in [0, 0.1) is 5.82 Å². The number of ether oxygens (including phenoxy) is 2. The first-order valence-corrected chi connectivity index (χ1v) is 6.57. The molecule has 0 N–H and O–H groups in total. The van der Waals surface area contributed by atoms with Gasteiger partial charge < -0.3 is 14.0 Å². The molecule has 0 saturated carbocycles. The summed E-state index contributed by atoms with van der Waals surface area (Å²) in [6, 6.07) is 4.89. The van der Waals surface area contributed by atoms with Gasteiger partial charge in [-0.1, -0.05) is 6.07 Å². The normalized spacial score (nSPS) is 11.3. The van der Waals surface area contributed by atoms with E-state index in [1.54, 1.807) is 13.2 Å². The molecule has 0 aliphatic carbocycles. The number of hydrogen-bond donors (Lipinski definition) is 0. The second-order valence-corrected chi connectivity index (χ2v) is 4.29. The molecular formula is C13H16ClFN2O2. The minimum atomic E-state index is -0.331. The zero-order valence-electron chi connectivity index (χ0n) is 10.7. The Balaban J connectivity index is 2.14. The molecular weight excluding hydrogens is 271 g/mol. The predicted octanol–water partition coefficient (Wildman–Crippen LogP) is 2.58. The molecule has 0 amide bonds. The van der Waals surface area contributed by atoms with Gasteiger partial charge in [-0.25, -0.2) is 9.37 Å². The number of hydrogen-bond acceptors (Lipinski definition) is 3. The van der Waals surface area contributed by atoms with E-state index in [0.29, 0.717) is 37.7 Å². The highest BCUT2D eigenvalue weighted by Gasteiger charge is 2.12. The number of aromatic nitrogens is 2. The fourth-order valence-corrected chi connectivity index (χ4v) is 2.12. The second-order valence-electron chi connectivity index (χ2n) is 4.03. The van der Waals surface area contributed by atoms with Gasteiger partial charge in [-0.3, -0.25) is 0 Å². The molecule has 104 valence electrons. The number of halogens is 2. The van der Waals surface area contributed by atoms with Crippen LogP contribution in [0.2, 0.25) is 0 Å². The van der Waals surface area contributed by atoms with E-state index in [1.165, 1.54) is 6.07 Å². The summed E-state index contributed by atoms with van der Waals surface area (Å²) in [5.74, 6) is 0.562. The fraction of sp³-hybridized carbons (Fsp3) is 0.462. The smallest absolute Gasteiger partial charge is 0.151 e. The Kier molecular flexibility index (Phi) is 5.13. The third kappa shape index (κ3) is 3.23. The van der Waals surface area contributed by atoms with Gasteiger partial charge in [0.1, 0.15) is 11.3 Å². The molecule has 4 nitrogen and oxygen atoms in total. The number of rotatable bonds is 7. The molecule has 1 heterocycles. The van der Waals surface area contributed by atoms with Gasteiger partial charge in [0.2, 0.25) is 0 Å². The largest absolute Gasteiger partial charge is 0.382 e. The van der Waals surface area contributed by atoms with Crippen LogP contribution < -0.4 is 0 Å². The number of alkyl halides is 1. The lowest BCUT2D eigenvalue weighted by molar-refractivity contribution is 0.0667. The lowest BCUT2D eigenvalue weighted by Gasteiger charge is -2.08. The first-order valence-electron chi connectivity index (χ1n) is 6.04. The van der Waals surface area contributed by atoms with Crippen molar-refractivity contribution in [3.63, 3.8) is 0 Å². The van der Waals surface area contributed by atoms with E-state index < -0.39 is 0 Å². The van der Waals surface area contributed by atoms with Crippen molar-refractivity contribution < 1.29 is 13.9 Å². The van der Waals surface area contributed by atoms with Crippen molar-refractivity contribution in [2.24, 2.45) is 0 Å². The summed E-state index contributed by atoms with van der Waals surface area (Å²) in [6.45, 7) is 2.19. The summed E-state index contributed by atoms with van der Waals surface area (Å²) in [5, 5.41) is 0. The van der Waals surface area contributed by atoms with Gasteiger partial charge in [-0.15, -0.1) is 11.6 Å². The van der Waals surface area contributed by atoms with E-state index in [4.69, 9.17) is 21.1 Å². The van der Waals surface area contributed by atoms with Crippen LogP contribution in [-0.2, 0) is 21.9 Å². The zero-order valence-corrected chi connectivity index (χ0v) is 11.5. The SMILES string of the molecule is COCCOCCn1c(CCl)nc2c(F)cccc21. The molecule has 0 atom stereocenters. The predicted molar refractivity (Wildman–Crippen MR) is 71.9 cm³/mol. The van der Waals surface area contributed by atoms with Crippen LogP contribution in [0.3, 0.4) is 0 Å². The molecule has 0 bridgehead atoms. The van der Waals surface area contributed by atoms with Crippen LogP contribution >= 0.6 is 11.6 Å². The maximum absolute atomic E-state index is 13.6. The van der Waals surface area contributed by atoms with Crippen LogP contribution in [0.1, 0.15) is 5.82 Å². The Labute approximate surface area is 116 Å². The molecule has 2 aromatic rings. The van der Waals surface area contributed by atoms with Gasteiger partial charge in [0.25, 0.3) is 0 Å². The average Bonchev–Trinajstić information content (AvgIpc) is 2.78. The summed E-state index contributed by atoms with van der Waals surface area (Å²) >= 11 is 5.85. The minimum Gasteiger partial charge on any atom is -0.382 e. The Morgan fingerprint density at radius 1 is 1.32 bits per heavy atom. The van der Waals surface area contributed by atoms with Gasteiger partial charge in [-0.05, 0) is 12.1 Å². The lowest BCUT2D eigenvalue weighted by Crippen LogP contribution is -2.11. The average molecular weight is 287 g/mol. The van der Waals surface area contributed by atoms with E-state index >= 15 is 0 Å². The quantitative estimate of drug-likeness (QED) is 0.580. The van der Waals surface area contributed by atoms with Crippen LogP contribution in [-0.4, -0.2) is 36.5 Å². The molecule has 0 saturated heterocycles. The van der Waals surface area contributed by atoms with Crippen molar-refractivity contribution in [1.82, 2.24) is 9.55 Å². The highest BCUT2D eigenvalue weighted by Crippen LogP contribution is 2.20. The molecule has 19 heavy (non-hydrogen) atoms. The van der Waals surface area contributed by atoms with Crippen molar-refractivity contribution in [3.05, 3.63) is 29.8 Å². The van der Waals surface area contributed by atoms with Gasteiger partial charge in [0.15, 0.2) is 5.82 Å². The number of benzene rings is 1. The number of nitrogens with zero attached hydrogens (tertiary/aromatic N) is 2. The highest BCUT2D eigenvalue weighted by molar-refractivity contribution is 6.16. The number of para-hydroxylation sites is 1. The van der Waals surface area contributed by atoms with E-state index in [-0.39, 0.29) is 11.7 Å². The van der Waals surface area contributed by atoms with Crippen LogP contribution in [0.25, 0.3) is 11.0 Å². The molecule has 0 spiro atoms. The molecule has 0 radical (unpaired) electrons. The van der Waals surface area contributed by atoms with E-state index in [1.807, 2.05) is 10.6 Å². The highest BCUT2D eigenvalue weighted by atomic mass is 35.5. The molecule has 1 aromatic heterocycles. The van der Waals surface area contributed by atoms with Crippen LogP contribution in [0.4, 0.5) is 4.39 Å². The van der Waals surface area contributed by atoms with E-state index in [9.17, 15) is 4.39 Å². The summed E-state index contributed by atoms with van der Waals surface area (Å²) in [7, 11) is 1.63. The standard InChI is InChI=1S/C13H16ClFN2O2/c1-18-7-8-19-6-5-17-11-4-2-3-10(15)13(11)16-12(17)9-14/h2-4H,5-9H2,1H3. The third-order valence-corrected chi connectivity index (χ3v) is 3.06. The van der Waals surface area contributed by atoms with Gasteiger partial charge >= 0.3 is 0 Å². The molecule has 0 unspecified atom stereocenters. The minimum absolute atomic E-state index is 0.242. The van der Waals surface area contributed by atoms with Crippen molar-refractivity contribution in [2.75, 3.05) is 26.9 Å². The van der Waals surface area contributed by atoms with Crippen molar-refractivity contribution >= 4 is 22.6 Å².